The van der Waals surface area contributed by atoms with Crippen LogP contribution in [-0.2, 0) is 0 Å². The summed E-state index contributed by atoms with van der Waals surface area (Å²) in [6.45, 7) is 4.58. The summed E-state index contributed by atoms with van der Waals surface area (Å²) in [5.74, 6) is 0. The van der Waals surface area contributed by atoms with E-state index in [1.807, 2.05) is 0 Å². The molecule has 13 heavy (non-hydrogen) atoms. The molecular weight excluding hydrogens is 289 g/mol. The standard InChI is InChI=1S/2C4H9.CH3NOS.Sn/c2*1-3-4-2;2-1(3)4;/h2*1,3-4H2,2H3;(H3,2,3,4);. The summed E-state index contributed by atoms with van der Waals surface area (Å²) in [6, 6.07) is 0. The van der Waals surface area contributed by atoms with Gasteiger partial charge in [-0.3, -0.25) is 4.79 Å². The zero-order valence-electron chi connectivity index (χ0n) is 8.68. The molecule has 0 aliphatic carbocycles. The summed E-state index contributed by atoms with van der Waals surface area (Å²) in [5.41, 5.74) is 4.34. The number of primary amides is 1. The summed E-state index contributed by atoms with van der Waals surface area (Å²) in [5, 5.41) is -0.639. The molecule has 0 aromatic rings. The third-order valence-corrected chi connectivity index (χ3v) is 5.45. The van der Waals surface area contributed by atoms with Crippen LogP contribution in [0.25, 0.3) is 0 Å². The fourth-order valence-corrected chi connectivity index (χ4v) is 4.89. The average Bonchev–Trinajstić information content (AvgIpc) is 2.03. The Kier molecular flexibility index (Phi) is 18.7. The number of rotatable bonds is 6. The molecule has 0 saturated carbocycles. The molecule has 0 atom stereocenters. The molecule has 1 amide bonds. The van der Waals surface area contributed by atoms with Crippen molar-refractivity contribution < 1.29 is 4.79 Å². The number of amides is 1. The minimum atomic E-state index is -0.639. The maximum Gasteiger partial charge on any atom is 0.273 e. The average molecular weight is 310 g/mol. The minimum Gasteiger partial charge on any atom is -0.361 e. The van der Waals surface area contributed by atoms with Gasteiger partial charge in [-0.15, -0.1) is 0 Å². The van der Waals surface area contributed by atoms with Gasteiger partial charge in [-0.2, -0.15) is 0 Å². The molecule has 0 fully saturated rings. The second-order valence-corrected chi connectivity index (χ2v) is 7.52. The van der Waals surface area contributed by atoms with Gasteiger partial charge in [0.05, 0.1) is 0 Å². The number of carbonyl (C=O) groups is 1. The molecular formula is C9H21NOSSn. The van der Waals surface area contributed by atoms with Gasteiger partial charge in [-0.05, 0) is 0 Å². The van der Waals surface area contributed by atoms with Gasteiger partial charge < -0.3 is 5.73 Å². The molecule has 2 radical (unpaired) electrons. The van der Waals surface area contributed by atoms with E-state index in [4.69, 9.17) is 4.79 Å². The summed E-state index contributed by atoms with van der Waals surface area (Å²) >= 11 is 3.25. The summed E-state index contributed by atoms with van der Waals surface area (Å²) < 4.78 is 3.25. The van der Waals surface area contributed by atoms with E-state index in [9.17, 15) is 0 Å². The van der Waals surface area contributed by atoms with Gasteiger partial charge in [0, 0.05) is 0 Å². The van der Waals surface area contributed by atoms with Crippen molar-refractivity contribution in [3.05, 3.63) is 0 Å². The van der Waals surface area contributed by atoms with Gasteiger partial charge in [0.1, 0.15) is 0 Å². The third kappa shape index (κ3) is 32.5. The van der Waals surface area contributed by atoms with E-state index in [1.54, 1.807) is 8.87 Å². The van der Waals surface area contributed by atoms with Crippen LogP contribution < -0.4 is 5.73 Å². The number of unbranched alkanes of at least 4 members (excludes halogenated alkanes) is 2. The van der Waals surface area contributed by atoms with Gasteiger partial charge in [0.25, 0.3) is 5.24 Å². The predicted octanol–water partition coefficient (Wildman–Crippen LogP) is 3.12. The molecule has 0 rings (SSSR count). The fourth-order valence-electron chi connectivity index (χ4n) is 0.729. The Morgan fingerprint density at radius 1 is 1.23 bits per heavy atom. The van der Waals surface area contributed by atoms with Crippen LogP contribution >= 0.6 is 12.6 Å². The first-order valence-corrected chi connectivity index (χ1v) is 9.32. The monoisotopic (exact) mass is 311 g/mol. The second-order valence-electron chi connectivity index (χ2n) is 2.80. The molecule has 0 bridgehead atoms. The number of thiol groups is 1. The van der Waals surface area contributed by atoms with E-state index in [2.05, 4.69) is 32.2 Å². The molecule has 0 aliphatic rings. The Bertz CT molecular complexity index is 102. The molecule has 2 N–H and O–H groups in total. The smallest absolute Gasteiger partial charge is 0.273 e. The molecule has 4 heteroatoms. The normalized spacial score (nSPS) is 8.85. The van der Waals surface area contributed by atoms with Gasteiger partial charge in [0.2, 0.25) is 0 Å². The van der Waals surface area contributed by atoms with Crippen molar-refractivity contribution in [3.8, 4) is 0 Å². The third-order valence-electron chi connectivity index (χ3n) is 1.41. The SMILES string of the molecule is CCC[CH2][Sn][CH2]CCC.NC(=O)S. The van der Waals surface area contributed by atoms with Crippen LogP contribution in [0, 0.1) is 0 Å². The second kappa shape index (κ2) is 15.1. The van der Waals surface area contributed by atoms with E-state index in [1.165, 1.54) is 25.7 Å². The molecule has 0 heterocycles. The van der Waals surface area contributed by atoms with E-state index in [0.29, 0.717) is 0 Å². The maximum atomic E-state index is 9.09. The van der Waals surface area contributed by atoms with Crippen molar-refractivity contribution in [1.82, 2.24) is 0 Å². The molecule has 2 nitrogen and oxygen atoms in total. The topological polar surface area (TPSA) is 43.1 Å². The van der Waals surface area contributed by atoms with Crippen molar-refractivity contribution in [2.24, 2.45) is 5.73 Å². The zero-order valence-corrected chi connectivity index (χ0v) is 12.4. The molecule has 0 saturated heterocycles. The van der Waals surface area contributed by atoms with E-state index >= 15 is 0 Å². The molecule has 0 unspecified atom stereocenters. The van der Waals surface area contributed by atoms with Crippen molar-refractivity contribution in [1.29, 1.82) is 0 Å². The maximum absolute atomic E-state index is 9.09. The Morgan fingerprint density at radius 2 is 1.54 bits per heavy atom. The summed E-state index contributed by atoms with van der Waals surface area (Å²) in [6.07, 6.45) is 5.84. The molecule has 78 valence electrons. The summed E-state index contributed by atoms with van der Waals surface area (Å²) in [7, 11) is 0. The number of nitrogens with two attached hydrogens (primary N) is 1. The van der Waals surface area contributed by atoms with Gasteiger partial charge in [0.15, 0.2) is 0 Å². The van der Waals surface area contributed by atoms with Crippen LogP contribution in [-0.4, -0.2) is 26.4 Å². The Morgan fingerprint density at radius 3 is 1.77 bits per heavy atom. The van der Waals surface area contributed by atoms with E-state index < -0.39 is 5.24 Å². The first kappa shape index (κ1) is 16.1. The van der Waals surface area contributed by atoms with E-state index in [-0.39, 0.29) is 21.1 Å². The van der Waals surface area contributed by atoms with E-state index in [0.717, 1.165) is 0 Å². The van der Waals surface area contributed by atoms with Crippen LogP contribution in [0.3, 0.4) is 0 Å². The first-order valence-electron chi connectivity index (χ1n) is 4.84. The molecule has 0 aromatic heterocycles. The number of hydrogen-bond donors (Lipinski definition) is 2. The Labute approximate surface area is 97.7 Å². The largest absolute Gasteiger partial charge is 0.361 e. The van der Waals surface area contributed by atoms with Crippen molar-refractivity contribution in [2.75, 3.05) is 0 Å². The van der Waals surface area contributed by atoms with Crippen LogP contribution in [0.15, 0.2) is 0 Å². The molecule has 0 aromatic carbocycles. The fraction of sp³-hybridized carbons (Fsp3) is 0.889. The molecule has 0 aliphatic heterocycles. The summed E-state index contributed by atoms with van der Waals surface area (Å²) in [4.78, 5) is 9.09. The number of hydrogen-bond acceptors (Lipinski definition) is 1. The predicted molar refractivity (Wildman–Crippen MR) is 63.8 cm³/mol. The quantitative estimate of drug-likeness (QED) is 0.442. The van der Waals surface area contributed by atoms with Crippen molar-refractivity contribution in [3.63, 3.8) is 0 Å². The van der Waals surface area contributed by atoms with Crippen LogP contribution in [0.4, 0.5) is 4.79 Å². The number of carbonyl (C=O) groups excluding carboxylic acids is 1. The first-order chi connectivity index (χ1) is 6.15. The van der Waals surface area contributed by atoms with Crippen molar-refractivity contribution in [2.45, 2.75) is 48.4 Å². The van der Waals surface area contributed by atoms with Gasteiger partial charge >= 0.3 is 69.5 Å². The minimum absolute atomic E-state index is 0.149. The Balaban J connectivity index is 0. The van der Waals surface area contributed by atoms with Gasteiger partial charge in [-0.1, -0.05) is 12.6 Å². The molecule has 0 spiro atoms. The van der Waals surface area contributed by atoms with Crippen LogP contribution in [0.2, 0.25) is 8.87 Å². The Hall–Kier alpha value is 0.619. The van der Waals surface area contributed by atoms with Crippen LogP contribution in [0.1, 0.15) is 39.5 Å². The van der Waals surface area contributed by atoms with Gasteiger partial charge in [-0.25, -0.2) is 0 Å². The zero-order chi connectivity index (χ0) is 10.5. The van der Waals surface area contributed by atoms with Crippen molar-refractivity contribution >= 4 is 39.0 Å². The van der Waals surface area contributed by atoms with Crippen LogP contribution in [0.5, 0.6) is 0 Å².